The van der Waals surface area contributed by atoms with Gasteiger partial charge < -0.3 is 15.5 Å². The van der Waals surface area contributed by atoms with E-state index in [0.29, 0.717) is 10.2 Å². The van der Waals surface area contributed by atoms with E-state index in [-0.39, 0.29) is 17.2 Å². The van der Waals surface area contributed by atoms with Crippen molar-refractivity contribution in [3.63, 3.8) is 0 Å². The summed E-state index contributed by atoms with van der Waals surface area (Å²) in [6.07, 6.45) is 0. The molecule has 3 rings (SSSR count). The average molecular weight is 336 g/mol. The van der Waals surface area contributed by atoms with Crippen LogP contribution in [0.25, 0.3) is 10.2 Å². The van der Waals surface area contributed by atoms with Crippen molar-refractivity contribution in [1.29, 1.82) is 0 Å². The molecule has 0 atom stereocenters. The predicted molar refractivity (Wildman–Crippen MR) is 87.0 cm³/mol. The molecule has 1 heterocycles. The number of urea groups is 1. The average Bonchev–Trinajstić information content (AvgIpc) is 2.83. The molecule has 0 aliphatic rings. The lowest BCUT2D eigenvalue weighted by Crippen LogP contribution is -2.19. The third kappa shape index (κ3) is 3.05. The number of halogens is 1. The second-order valence-electron chi connectivity index (χ2n) is 4.41. The van der Waals surface area contributed by atoms with Crippen LogP contribution in [0.5, 0.6) is 11.5 Å². The molecule has 6 nitrogen and oxygen atoms in total. The SMILES string of the molecule is O=C(Nc1nc2ccc(Cl)cc2s1)Nc1ccc(O)cc1O. The Bertz CT molecular complexity index is 866. The van der Waals surface area contributed by atoms with Gasteiger partial charge in [-0.1, -0.05) is 22.9 Å². The van der Waals surface area contributed by atoms with Crippen LogP contribution in [0.3, 0.4) is 0 Å². The second-order valence-corrected chi connectivity index (χ2v) is 5.88. The van der Waals surface area contributed by atoms with Crippen molar-refractivity contribution in [3.05, 3.63) is 41.4 Å². The highest BCUT2D eigenvalue weighted by Crippen LogP contribution is 2.29. The largest absolute Gasteiger partial charge is 0.508 e. The van der Waals surface area contributed by atoms with E-state index in [9.17, 15) is 15.0 Å². The summed E-state index contributed by atoms with van der Waals surface area (Å²) in [5, 5.41) is 24.9. The number of aromatic hydroxyl groups is 2. The Balaban J connectivity index is 1.75. The first kappa shape index (κ1) is 14.4. The topological polar surface area (TPSA) is 94.5 Å². The van der Waals surface area contributed by atoms with Crippen LogP contribution < -0.4 is 10.6 Å². The highest BCUT2D eigenvalue weighted by atomic mass is 35.5. The van der Waals surface area contributed by atoms with Crippen molar-refractivity contribution >= 4 is 50.0 Å². The van der Waals surface area contributed by atoms with Crippen molar-refractivity contribution in [2.45, 2.75) is 0 Å². The van der Waals surface area contributed by atoms with Crippen LogP contribution in [0, 0.1) is 0 Å². The molecule has 1 aromatic heterocycles. The van der Waals surface area contributed by atoms with Crippen LogP contribution in [-0.2, 0) is 0 Å². The fourth-order valence-corrected chi connectivity index (χ4v) is 2.97. The summed E-state index contributed by atoms with van der Waals surface area (Å²) in [7, 11) is 0. The second kappa shape index (κ2) is 5.70. The van der Waals surface area contributed by atoms with E-state index in [1.165, 1.54) is 23.5 Å². The predicted octanol–water partition coefficient (Wildman–Crippen LogP) is 4.00. The standard InChI is InChI=1S/C14H10ClN3O3S/c15-7-1-3-10-12(5-7)22-14(17-10)18-13(21)16-9-4-2-8(19)6-11(9)20/h1-6,19-20H,(H2,16,17,18,21). The summed E-state index contributed by atoms with van der Waals surface area (Å²) in [4.78, 5) is 16.2. The minimum Gasteiger partial charge on any atom is -0.508 e. The van der Waals surface area contributed by atoms with Gasteiger partial charge in [0.25, 0.3) is 0 Å². The van der Waals surface area contributed by atoms with Crippen molar-refractivity contribution in [1.82, 2.24) is 4.98 Å². The highest BCUT2D eigenvalue weighted by Gasteiger charge is 2.10. The third-order valence-electron chi connectivity index (χ3n) is 2.80. The number of phenols is 2. The maximum absolute atomic E-state index is 11.9. The lowest BCUT2D eigenvalue weighted by atomic mass is 10.3. The van der Waals surface area contributed by atoms with E-state index in [1.54, 1.807) is 18.2 Å². The van der Waals surface area contributed by atoms with Gasteiger partial charge in [0.15, 0.2) is 5.13 Å². The number of rotatable bonds is 2. The number of carbonyl (C=O) groups is 1. The Morgan fingerprint density at radius 1 is 1.14 bits per heavy atom. The third-order valence-corrected chi connectivity index (χ3v) is 3.97. The number of nitrogens with zero attached hydrogens (tertiary/aromatic N) is 1. The molecule has 0 bridgehead atoms. The Morgan fingerprint density at radius 2 is 1.95 bits per heavy atom. The van der Waals surface area contributed by atoms with Gasteiger partial charge in [-0.15, -0.1) is 0 Å². The summed E-state index contributed by atoms with van der Waals surface area (Å²) in [5.41, 5.74) is 0.914. The van der Waals surface area contributed by atoms with E-state index < -0.39 is 6.03 Å². The number of nitrogens with one attached hydrogen (secondary N) is 2. The van der Waals surface area contributed by atoms with Gasteiger partial charge >= 0.3 is 6.03 Å². The van der Waals surface area contributed by atoms with Gasteiger partial charge in [0.2, 0.25) is 0 Å². The smallest absolute Gasteiger partial charge is 0.325 e. The fourth-order valence-electron chi connectivity index (χ4n) is 1.83. The lowest BCUT2D eigenvalue weighted by molar-refractivity contribution is 0.262. The first-order chi connectivity index (χ1) is 10.5. The number of amides is 2. The normalized spacial score (nSPS) is 10.6. The quantitative estimate of drug-likeness (QED) is 0.420. The maximum atomic E-state index is 11.9. The van der Waals surface area contributed by atoms with Gasteiger partial charge in [0.05, 0.1) is 15.9 Å². The molecule has 0 saturated carbocycles. The zero-order valence-corrected chi connectivity index (χ0v) is 12.6. The molecule has 3 aromatic rings. The molecule has 8 heteroatoms. The van der Waals surface area contributed by atoms with E-state index in [1.807, 2.05) is 0 Å². The van der Waals surface area contributed by atoms with E-state index in [4.69, 9.17) is 11.6 Å². The Labute approximate surface area is 134 Å². The van der Waals surface area contributed by atoms with Crippen LogP contribution in [0.15, 0.2) is 36.4 Å². The summed E-state index contributed by atoms with van der Waals surface area (Å²) in [6, 6.07) is 8.59. The maximum Gasteiger partial charge on any atom is 0.325 e. The van der Waals surface area contributed by atoms with Gasteiger partial charge in [-0.25, -0.2) is 9.78 Å². The van der Waals surface area contributed by atoms with Crippen molar-refractivity contribution in [3.8, 4) is 11.5 Å². The molecule has 4 N–H and O–H groups in total. The fraction of sp³-hybridized carbons (Fsp3) is 0. The van der Waals surface area contributed by atoms with Gasteiger partial charge in [0.1, 0.15) is 11.5 Å². The van der Waals surface area contributed by atoms with Gasteiger partial charge in [-0.2, -0.15) is 0 Å². The number of phenolic OH excluding ortho intramolecular Hbond substituents is 2. The van der Waals surface area contributed by atoms with Crippen LogP contribution in [0.1, 0.15) is 0 Å². The number of anilines is 2. The van der Waals surface area contributed by atoms with Gasteiger partial charge in [0, 0.05) is 11.1 Å². The molecular formula is C14H10ClN3O3S. The van der Waals surface area contributed by atoms with E-state index in [0.717, 1.165) is 16.3 Å². The number of thiazole rings is 1. The first-order valence-electron chi connectivity index (χ1n) is 6.17. The summed E-state index contributed by atoms with van der Waals surface area (Å²) in [5.74, 6) is -0.322. The van der Waals surface area contributed by atoms with Crippen LogP contribution >= 0.6 is 22.9 Å². The number of hydrogen-bond donors (Lipinski definition) is 4. The number of aromatic nitrogens is 1. The van der Waals surface area contributed by atoms with Gasteiger partial charge in [-0.3, -0.25) is 5.32 Å². The zero-order valence-electron chi connectivity index (χ0n) is 11.0. The molecule has 0 spiro atoms. The minimum atomic E-state index is -0.550. The summed E-state index contributed by atoms with van der Waals surface area (Å²) >= 11 is 7.19. The van der Waals surface area contributed by atoms with Crippen LogP contribution in [-0.4, -0.2) is 21.2 Å². The monoisotopic (exact) mass is 335 g/mol. The highest BCUT2D eigenvalue weighted by molar-refractivity contribution is 7.22. The molecule has 22 heavy (non-hydrogen) atoms. The van der Waals surface area contributed by atoms with Crippen LogP contribution in [0.4, 0.5) is 15.6 Å². The molecule has 112 valence electrons. The Morgan fingerprint density at radius 3 is 2.73 bits per heavy atom. The molecule has 0 aliphatic carbocycles. The number of hydrogen-bond acceptors (Lipinski definition) is 5. The first-order valence-corrected chi connectivity index (χ1v) is 7.37. The molecular weight excluding hydrogens is 326 g/mol. The zero-order chi connectivity index (χ0) is 15.7. The molecule has 0 unspecified atom stereocenters. The summed E-state index contributed by atoms with van der Waals surface area (Å²) in [6.45, 7) is 0. The molecule has 0 fully saturated rings. The Kier molecular flexibility index (Phi) is 3.74. The van der Waals surface area contributed by atoms with Crippen molar-refractivity contribution in [2.24, 2.45) is 0 Å². The molecule has 2 aromatic carbocycles. The van der Waals surface area contributed by atoms with E-state index in [2.05, 4.69) is 15.6 Å². The van der Waals surface area contributed by atoms with Gasteiger partial charge in [-0.05, 0) is 30.3 Å². The number of carbonyl (C=O) groups excluding carboxylic acids is 1. The molecule has 2 amide bonds. The lowest BCUT2D eigenvalue weighted by Gasteiger charge is -2.07. The van der Waals surface area contributed by atoms with Crippen molar-refractivity contribution in [2.75, 3.05) is 10.6 Å². The molecule has 0 saturated heterocycles. The van der Waals surface area contributed by atoms with Crippen molar-refractivity contribution < 1.29 is 15.0 Å². The Hall–Kier alpha value is -2.51. The minimum absolute atomic E-state index is 0.0912. The van der Waals surface area contributed by atoms with E-state index >= 15 is 0 Å². The van der Waals surface area contributed by atoms with Crippen LogP contribution in [0.2, 0.25) is 5.02 Å². The number of benzene rings is 2. The number of fused-ring (bicyclic) bond motifs is 1. The summed E-state index contributed by atoms with van der Waals surface area (Å²) < 4.78 is 0.857. The molecule has 0 radical (unpaired) electrons. The molecule has 0 aliphatic heterocycles.